The molecule has 0 saturated carbocycles. The van der Waals surface area contributed by atoms with E-state index in [-0.39, 0.29) is 12.2 Å². The van der Waals surface area contributed by atoms with Gasteiger partial charge in [-0.15, -0.1) is 16.4 Å². The molecule has 5 N–H and O–H groups in total. The number of anilines is 2. The lowest BCUT2D eigenvalue weighted by molar-refractivity contribution is 0.0782. The van der Waals surface area contributed by atoms with Crippen molar-refractivity contribution in [3.63, 3.8) is 0 Å². The van der Waals surface area contributed by atoms with Crippen molar-refractivity contribution in [3.05, 3.63) is 77.0 Å². The molecule has 0 aliphatic rings. The number of aliphatic hydroxyl groups excluding tert-OH is 1. The van der Waals surface area contributed by atoms with Crippen LogP contribution in [-0.4, -0.2) is 36.1 Å². The van der Waals surface area contributed by atoms with Crippen molar-refractivity contribution in [1.29, 1.82) is 0 Å². The van der Waals surface area contributed by atoms with Gasteiger partial charge in [0.1, 0.15) is 22.3 Å². The molecule has 1 amide bonds. The van der Waals surface area contributed by atoms with Crippen LogP contribution in [0.1, 0.15) is 41.2 Å². The van der Waals surface area contributed by atoms with E-state index in [9.17, 15) is 14.3 Å². The third-order valence-corrected chi connectivity index (χ3v) is 6.14. The number of carbonyl (C=O) groups excluding carboxylic acids is 1. The van der Waals surface area contributed by atoms with Gasteiger partial charge in [-0.05, 0) is 43.7 Å². The normalized spacial score (nSPS) is 11.6. The molecular formula is C23H23FN6O3S. The number of primary amides is 1. The van der Waals surface area contributed by atoms with Gasteiger partial charge < -0.3 is 21.3 Å². The van der Waals surface area contributed by atoms with Crippen LogP contribution < -0.4 is 11.1 Å². The van der Waals surface area contributed by atoms with Crippen LogP contribution in [-0.2, 0) is 18.8 Å². The smallest absolute Gasteiger partial charge is 0.251 e. The summed E-state index contributed by atoms with van der Waals surface area (Å²) in [5.74, 6) is -0.707. The fourth-order valence-corrected chi connectivity index (χ4v) is 4.40. The average molecular weight is 483 g/mol. The number of benzene rings is 1. The summed E-state index contributed by atoms with van der Waals surface area (Å²) in [6, 6.07) is 11.4. The molecule has 11 heteroatoms. The molecule has 0 aliphatic carbocycles. The highest BCUT2D eigenvalue weighted by Crippen LogP contribution is 2.38. The molecule has 0 aliphatic heterocycles. The number of pyridine rings is 1. The summed E-state index contributed by atoms with van der Waals surface area (Å²) in [7, 11) is 0. The van der Waals surface area contributed by atoms with E-state index in [1.807, 2.05) is 0 Å². The van der Waals surface area contributed by atoms with E-state index >= 15 is 0 Å². The number of carbonyl (C=O) groups is 1. The topological polar surface area (TPSA) is 139 Å². The molecule has 0 radical (unpaired) electrons. The summed E-state index contributed by atoms with van der Waals surface area (Å²) in [6.07, 6.45) is 1.62. The lowest BCUT2D eigenvalue weighted by atomic mass is 9.96. The minimum atomic E-state index is -1.18. The summed E-state index contributed by atoms with van der Waals surface area (Å²) < 4.78 is 16.4. The summed E-state index contributed by atoms with van der Waals surface area (Å²) in [5.41, 5.74) is 6.46. The van der Waals surface area contributed by atoms with Crippen molar-refractivity contribution < 1.29 is 19.4 Å². The van der Waals surface area contributed by atoms with Crippen LogP contribution >= 0.6 is 11.3 Å². The third kappa shape index (κ3) is 5.11. The largest absolute Gasteiger partial charge is 0.390 e. The first-order chi connectivity index (χ1) is 16.1. The van der Waals surface area contributed by atoms with E-state index in [0.29, 0.717) is 44.8 Å². The highest BCUT2D eigenvalue weighted by molar-refractivity contribution is 7.19. The zero-order chi connectivity index (χ0) is 24.5. The maximum atomic E-state index is 14.8. The number of nitrogens with two attached hydrogens (primary N) is 1. The molecule has 0 atom stereocenters. The summed E-state index contributed by atoms with van der Waals surface area (Å²) >= 11 is 1.17. The van der Waals surface area contributed by atoms with Crippen LogP contribution in [0.15, 0.2) is 48.7 Å². The molecule has 9 nitrogen and oxygen atoms in total. The highest BCUT2D eigenvalue weighted by Gasteiger charge is 2.21. The molecule has 0 fully saturated rings. The molecule has 3 aromatic heterocycles. The second-order valence-corrected chi connectivity index (χ2v) is 9.23. The van der Waals surface area contributed by atoms with Crippen LogP contribution in [0.3, 0.4) is 0 Å². The molecule has 4 aromatic rings. The van der Waals surface area contributed by atoms with Crippen LogP contribution in [0.25, 0.3) is 10.4 Å². The minimum Gasteiger partial charge on any atom is -0.390 e. The lowest BCUT2D eigenvalue weighted by Crippen LogP contribution is -2.15. The van der Waals surface area contributed by atoms with Gasteiger partial charge in [-0.1, -0.05) is 23.4 Å². The number of nitrogens with zero attached hydrogens (tertiary/aromatic N) is 4. The number of amides is 1. The Kier molecular flexibility index (Phi) is 6.42. The molecule has 0 spiro atoms. The van der Waals surface area contributed by atoms with E-state index in [4.69, 9.17) is 10.8 Å². The van der Waals surface area contributed by atoms with Crippen molar-refractivity contribution in [2.45, 2.75) is 32.6 Å². The number of nitrogens with one attached hydrogen (secondary N) is 1. The Balaban J connectivity index is 1.61. The first-order valence-corrected chi connectivity index (χ1v) is 11.1. The highest BCUT2D eigenvalue weighted by atomic mass is 32.1. The number of aliphatic hydroxyl groups is 2. The standard InChI is InChI=1S/C23H23FN6O3S/c1-23(2,33)13-6-7-16(18(24)8-13)19-9-17(21(25)32)22(34-19)27-20-5-3-4-14(26-20)10-30-11-15(12-31)28-29-30/h3-9,11,31,33H,10,12H2,1-2H3,(H2,25,32)(H,26,27). The van der Waals surface area contributed by atoms with E-state index in [2.05, 4.69) is 20.6 Å². The van der Waals surface area contributed by atoms with Gasteiger partial charge in [-0.3, -0.25) is 4.79 Å². The van der Waals surface area contributed by atoms with Crippen molar-refractivity contribution in [2.75, 3.05) is 5.32 Å². The minimum absolute atomic E-state index is 0.202. The summed E-state index contributed by atoms with van der Waals surface area (Å²) in [5, 5.41) is 30.6. The fourth-order valence-electron chi connectivity index (χ4n) is 3.30. The second-order valence-electron chi connectivity index (χ2n) is 8.18. The SMILES string of the molecule is CC(C)(O)c1ccc(-c2cc(C(N)=O)c(Nc3cccc(Cn4cc(CO)nn4)n3)s2)c(F)c1. The molecule has 0 bridgehead atoms. The first-order valence-electron chi connectivity index (χ1n) is 10.3. The van der Waals surface area contributed by atoms with Gasteiger partial charge >= 0.3 is 0 Å². The number of hydrogen-bond acceptors (Lipinski definition) is 8. The Bertz CT molecular complexity index is 1340. The van der Waals surface area contributed by atoms with Crippen molar-refractivity contribution in [3.8, 4) is 10.4 Å². The number of rotatable bonds is 8. The van der Waals surface area contributed by atoms with E-state index in [0.717, 1.165) is 0 Å². The zero-order valence-corrected chi connectivity index (χ0v) is 19.3. The number of hydrogen-bond donors (Lipinski definition) is 4. The lowest BCUT2D eigenvalue weighted by Gasteiger charge is -2.18. The number of aromatic nitrogens is 4. The van der Waals surface area contributed by atoms with Gasteiger partial charge in [0.15, 0.2) is 0 Å². The second kappa shape index (κ2) is 9.29. The van der Waals surface area contributed by atoms with Crippen molar-refractivity contribution in [2.24, 2.45) is 5.73 Å². The predicted octanol–water partition coefficient (Wildman–Crippen LogP) is 3.15. The van der Waals surface area contributed by atoms with Gasteiger partial charge in [0, 0.05) is 10.4 Å². The third-order valence-electron chi connectivity index (χ3n) is 5.06. The Morgan fingerprint density at radius 2 is 2.03 bits per heavy atom. The number of halogens is 1. The van der Waals surface area contributed by atoms with Gasteiger partial charge in [0.25, 0.3) is 5.91 Å². The Labute approximate surface area is 198 Å². The molecule has 4 rings (SSSR count). The molecular weight excluding hydrogens is 459 g/mol. The average Bonchev–Trinajstić information content (AvgIpc) is 3.40. The maximum Gasteiger partial charge on any atom is 0.251 e. The van der Waals surface area contributed by atoms with Gasteiger partial charge in [-0.25, -0.2) is 14.1 Å². The molecule has 3 heterocycles. The number of thiophene rings is 1. The summed E-state index contributed by atoms with van der Waals surface area (Å²) in [4.78, 5) is 17.1. The Morgan fingerprint density at radius 1 is 1.24 bits per heavy atom. The van der Waals surface area contributed by atoms with E-state index in [1.54, 1.807) is 55.1 Å². The molecule has 0 saturated heterocycles. The fraction of sp³-hybridized carbons (Fsp3) is 0.217. The molecule has 1 aromatic carbocycles. The van der Waals surface area contributed by atoms with Crippen LogP contribution in [0.4, 0.5) is 15.2 Å². The Hall–Kier alpha value is -3.67. The molecule has 0 unspecified atom stereocenters. The van der Waals surface area contributed by atoms with E-state index < -0.39 is 17.3 Å². The van der Waals surface area contributed by atoms with Crippen LogP contribution in [0.5, 0.6) is 0 Å². The van der Waals surface area contributed by atoms with Gasteiger partial charge in [-0.2, -0.15) is 0 Å². The first kappa shape index (κ1) is 23.5. The summed E-state index contributed by atoms with van der Waals surface area (Å²) in [6.45, 7) is 3.29. The molecule has 34 heavy (non-hydrogen) atoms. The predicted molar refractivity (Wildman–Crippen MR) is 126 cm³/mol. The van der Waals surface area contributed by atoms with Gasteiger partial charge in [0.05, 0.1) is 36.2 Å². The van der Waals surface area contributed by atoms with Crippen molar-refractivity contribution >= 4 is 28.1 Å². The zero-order valence-electron chi connectivity index (χ0n) is 18.5. The van der Waals surface area contributed by atoms with Gasteiger partial charge in [0.2, 0.25) is 0 Å². The van der Waals surface area contributed by atoms with Crippen LogP contribution in [0, 0.1) is 5.82 Å². The quantitative estimate of drug-likeness (QED) is 0.302. The monoisotopic (exact) mass is 482 g/mol. The van der Waals surface area contributed by atoms with Crippen molar-refractivity contribution in [1.82, 2.24) is 20.0 Å². The van der Waals surface area contributed by atoms with Crippen LogP contribution in [0.2, 0.25) is 0 Å². The molecule has 176 valence electrons. The van der Waals surface area contributed by atoms with E-state index in [1.165, 1.54) is 23.5 Å². The Morgan fingerprint density at radius 3 is 2.68 bits per heavy atom. The maximum absolute atomic E-state index is 14.8.